The first-order chi connectivity index (χ1) is 13.0. The van der Waals surface area contributed by atoms with Crippen LogP contribution in [0.3, 0.4) is 0 Å². The van der Waals surface area contributed by atoms with E-state index < -0.39 is 0 Å². The average molecular weight is 380 g/mol. The van der Waals surface area contributed by atoms with Crippen molar-refractivity contribution in [1.29, 1.82) is 0 Å². The lowest BCUT2D eigenvalue weighted by Gasteiger charge is -2.33. The van der Waals surface area contributed by atoms with Gasteiger partial charge >= 0.3 is 0 Å². The van der Waals surface area contributed by atoms with Crippen LogP contribution in [0.5, 0.6) is 0 Å². The van der Waals surface area contributed by atoms with Gasteiger partial charge in [0.2, 0.25) is 11.8 Å². The van der Waals surface area contributed by atoms with Crippen molar-refractivity contribution in [3.05, 3.63) is 0 Å². The number of hydrogen-bond acceptors (Lipinski definition) is 3. The van der Waals surface area contributed by atoms with E-state index >= 15 is 0 Å². The van der Waals surface area contributed by atoms with Crippen LogP contribution in [0.25, 0.3) is 0 Å². The molecule has 2 rings (SSSR count). The maximum atomic E-state index is 12.8. The zero-order chi connectivity index (χ0) is 19.6. The van der Waals surface area contributed by atoms with Gasteiger partial charge in [-0.05, 0) is 58.0 Å². The van der Waals surface area contributed by atoms with Crippen molar-refractivity contribution in [2.75, 3.05) is 32.7 Å². The van der Waals surface area contributed by atoms with Crippen LogP contribution in [0.4, 0.5) is 0 Å². The fourth-order valence-corrected chi connectivity index (χ4v) is 4.32. The highest BCUT2D eigenvalue weighted by Crippen LogP contribution is 2.21. The van der Waals surface area contributed by atoms with E-state index in [-0.39, 0.29) is 17.9 Å². The summed E-state index contributed by atoms with van der Waals surface area (Å²) in [6.45, 7) is 10.7. The molecule has 2 fully saturated rings. The Labute approximate surface area is 166 Å². The molecule has 0 aromatic carbocycles. The van der Waals surface area contributed by atoms with Gasteiger partial charge in [-0.3, -0.25) is 14.5 Å². The molecule has 0 radical (unpaired) electrons. The molecule has 0 aromatic heterocycles. The van der Waals surface area contributed by atoms with Gasteiger partial charge in [0, 0.05) is 25.0 Å². The van der Waals surface area contributed by atoms with Crippen molar-refractivity contribution >= 4 is 11.8 Å². The minimum atomic E-state index is 0.129. The smallest absolute Gasteiger partial charge is 0.234 e. The van der Waals surface area contributed by atoms with Crippen LogP contribution >= 0.6 is 0 Å². The lowest BCUT2D eigenvalue weighted by Crippen LogP contribution is -2.46. The topological polar surface area (TPSA) is 52.7 Å². The maximum absolute atomic E-state index is 12.8. The summed E-state index contributed by atoms with van der Waals surface area (Å²) < 4.78 is 0. The van der Waals surface area contributed by atoms with E-state index in [0.717, 1.165) is 64.2 Å². The first kappa shape index (κ1) is 22.2. The quantitative estimate of drug-likeness (QED) is 0.703. The molecule has 5 heteroatoms. The summed E-state index contributed by atoms with van der Waals surface area (Å²) in [4.78, 5) is 29.4. The highest BCUT2D eigenvalue weighted by Gasteiger charge is 2.29. The van der Waals surface area contributed by atoms with Crippen LogP contribution in [-0.2, 0) is 9.59 Å². The molecule has 2 aliphatic rings. The number of rotatable bonds is 8. The monoisotopic (exact) mass is 379 g/mol. The zero-order valence-corrected chi connectivity index (χ0v) is 17.8. The SMILES string of the molecule is CC(C)CCCC(C)NC(=O)CN1CCC(C(=O)N2CCCCCC2)CC1. The summed E-state index contributed by atoms with van der Waals surface area (Å²) in [7, 11) is 0. The highest BCUT2D eigenvalue weighted by atomic mass is 16.2. The van der Waals surface area contributed by atoms with Gasteiger partial charge in [0.15, 0.2) is 0 Å². The van der Waals surface area contributed by atoms with Gasteiger partial charge in [-0.15, -0.1) is 0 Å². The van der Waals surface area contributed by atoms with Gasteiger partial charge in [-0.25, -0.2) is 0 Å². The molecule has 0 aliphatic carbocycles. The number of hydrogen-bond donors (Lipinski definition) is 1. The summed E-state index contributed by atoms with van der Waals surface area (Å²) in [5.41, 5.74) is 0. The van der Waals surface area contributed by atoms with Crippen LogP contribution in [0.2, 0.25) is 0 Å². The van der Waals surface area contributed by atoms with Gasteiger partial charge in [0.25, 0.3) is 0 Å². The minimum Gasteiger partial charge on any atom is -0.353 e. The predicted molar refractivity (Wildman–Crippen MR) is 111 cm³/mol. The number of amides is 2. The molecule has 1 atom stereocenters. The molecule has 2 amide bonds. The second-order valence-corrected chi connectivity index (χ2v) is 9.08. The molecular formula is C22H41N3O2. The molecule has 0 saturated carbocycles. The molecule has 5 nitrogen and oxygen atoms in total. The standard InChI is InChI=1S/C22H41N3O2/c1-18(2)9-8-10-19(3)23-21(26)17-24-15-11-20(12-16-24)22(27)25-13-6-4-5-7-14-25/h18-20H,4-17H2,1-3H3,(H,23,26). The Hall–Kier alpha value is -1.10. The van der Waals surface area contributed by atoms with E-state index in [2.05, 4.69) is 35.9 Å². The summed E-state index contributed by atoms with van der Waals surface area (Å²) >= 11 is 0. The fourth-order valence-electron chi connectivity index (χ4n) is 4.32. The van der Waals surface area contributed by atoms with E-state index in [4.69, 9.17) is 0 Å². The Morgan fingerprint density at radius 2 is 1.56 bits per heavy atom. The number of nitrogens with zero attached hydrogens (tertiary/aromatic N) is 2. The molecule has 0 aromatic rings. The molecule has 1 N–H and O–H groups in total. The largest absolute Gasteiger partial charge is 0.353 e. The van der Waals surface area contributed by atoms with E-state index in [1.807, 2.05) is 0 Å². The number of nitrogens with one attached hydrogen (secondary N) is 1. The third-order valence-corrected chi connectivity index (χ3v) is 6.05. The third-order valence-electron chi connectivity index (χ3n) is 6.05. The van der Waals surface area contributed by atoms with Crippen molar-refractivity contribution in [3.63, 3.8) is 0 Å². The Balaban J connectivity index is 1.64. The number of carbonyl (C=O) groups excluding carboxylic acids is 2. The normalized spacial score (nSPS) is 21.1. The molecule has 156 valence electrons. The average Bonchev–Trinajstić information content (AvgIpc) is 2.90. The Bertz CT molecular complexity index is 450. The predicted octanol–water partition coefficient (Wildman–Crippen LogP) is 3.43. The first-order valence-corrected chi connectivity index (χ1v) is 11.3. The number of likely N-dealkylation sites (tertiary alicyclic amines) is 2. The van der Waals surface area contributed by atoms with Crippen LogP contribution in [0.1, 0.15) is 78.6 Å². The number of carbonyl (C=O) groups is 2. The zero-order valence-electron chi connectivity index (χ0n) is 17.8. The molecule has 27 heavy (non-hydrogen) atoms. The Morgan fingerprint density at radius 1 is 0.926 bits per heavy atom. The van der Waals surface area contributed by atoms with Crippen molar-refractivity contribution in [3.8, 4) is 0 Å². The van der Waals surface area contributed by atoms with E-state index in [1.54, 1.807) is 0 Å². The van der Waals surface area contributed by atoms with Crippen LogP contribution in [-0.4, -0.2) is 60.4 Å². The molecule has 2 saturated heterocycles. The molecule has 2 heterocycles. The maximum Gasteiger partial charge on any atom is 0.234 e. The first-order valence-electron chi connectivity index (χ1n) is 11.3. The molecule has 0 spiro atoms. The summed E-state index contributed by atoms with van der Waals surface area (Å²) in [6.07, 6.45) is 10.1. The minimum absolute atomic E-state index is 0.129. The van der Waals surface area contributed by atoms with E-state index in [9.17, 15) is 9.59 Å². The van der Waals surface area contributed by atoms with Gasteiger partial charge in [0.1, 0.15) is 0 Å². The molecular weight excluding hydrogens is 338 g/mol. The highest BCUT2D eigenvalue weighted by molar-refractivity contribution is 5.79. The van der Waals surface area contributed by atoms with Crippen LogP contribution in [0, 0.1) is 11.8 Å². The van der Waals surface area contributed by atoms with Gasteiger partial charge in [-0.1, -0.05) is 39.5 Å². The van der Waals surface area contributed by atoms with Crippen LogP contribution < -0.4 is 5.32 Å². The summed E-state index contributed by atoms with van der Waals surface area (Å²) in [5.74, 6) is 1.38. The Kier molecular flexibility index (Phi) is 9.60. The second-order valence-electron chi connectivity index (χ2n) is 9.08. The van der Waals surface area contributed by atoms with E-state index in [0.29, 0.717) is 12.5 Å². The summed E-state index contributed by atoms with van der Waals surface area (Å²) in [5, 5.41) is 3.14. The van der Waals surface area contributed by atoms with Crippen molar-refractivity contribution < 1.29 is 9.59 Å². The number of piperidine rings is 1. The molecule has 0 bridgehead atoms. The van der Waals surface area contributed by atoms with Crippen molar-refractivity contribution in [1.82, 2.24) is 15.1 Å². The third kappa shape index (κ3) is 8.20. The van der Waals surface area contributed by atoms with Crippen molar-refractivity contribution in [2.24, 2.45) is 11.8 Å². The van der Waals surface area contributed by atoms with Gasteiger partial charge in [-0.2, -0.15) is 0 Å². The van der Waals surface area contributed by atoms with Crippen LogP contribution in [0.15, 0.2) is 0 Å². The van der Waals surface area contributed by atoms with Gasteiger partial charge in [0.05, 0.1) is 6.54 Å². The Morgan fingerprint density at radius 3 is 2.15 bits per heavy atom. The van der Waals surface area contributed by atoms with Gasteiger partial charge < -0.3 is 10.2 Å². The van der Waals surface area contributed by atoms with Crippen molar-refractivity contribution in [2.45, 2.75) is 84.6 Å². The lowest BCUT2D eigenvalue weighted by molar-refractivity contribution is -0.137. The lowest BCUT2D eigenvalue weighted by atomic mass is 9.95. The second kappa shape index (κ2) is 11.7. The summed E-state index contributed by atoms with van der Waals surface area (Å²) in [6, 6.07) is 0.249. The fraction of sp³-hybridized carbons (Fsp3) is 0.909. The van der Waals surface area contributed by atoms with E-state index in [1.165, 1.54) is 25.7 Å². The molecule has 1 unspecified atom stereocenters. The molecule has 2 aliphatic heterocycles.